The van der Waals surface area contributed by atoms with E-state index in [-0.39, 0.29) is 13.2 Å². The third kappa shape index (κ3) is 4.32. The first-order valence-corrected chi connectivity index (χ1v) is 7.01. The number of esters is 2. The topological polar surface area (TPSA) is 52.6 Å². The van der Waals surface area contributed by atoms with E-state index in [2.05, 4.69) is 13.2 Å². The van der Waals surface area contributed by atoms with Crippen LogP contribution in [0.25, 0.3) is 0 Å². The standard InChI is InChI=1S/C18H22O4/c1-5-13-21-15(19)17(3)9-7-8-10-18(4,12-11-17)16(20)22-14-6-2/h5-12H,1-2,13-14H2,3-4H3/b9-7-,10-8-,12-11?. The molecule has 1 rings (SSSR count). The summed E-state index contributed by atoms with van der Waals surface area (Å²) < 4.78 is 10.2. The summed E-state index contributed by atoms with van der Waals surface area (Å²) in [5.41, 5.74) is -1.90. The lowest BCUT2D eigenvalue weighted by Gasteiger charge is -2.25. The Morgan fingerprint density at radius 2 is 1.23 bits per heavy atom. The number of allylic oxidation sites excluding steroid dienone is 2. The van der Waals surface area contributed by atoms with E-state index >= 15 is 0 Å². The van der Waals surface area contributed by atoms with Gasteiger partial charge < -0.3 is 9.47 Å². The fourth-order valence-corrected chi connectivity index (χ4v) is 1.82. The number of hydrogen-bond donors (Lipinski definition) is 0. The van der Waals surface area contributed by atoms with Crippen LogP contribution in [0, 0.1) is 10.8 Å². The lowest BCUT2D eigenvalue weighted by Crippen LogP contribution is -2.30. The van der Waals surface area contributed by atoms with Gasteiger partial charge in [0.2, 0.25) is 0 Å². The van der Waals surface area contributed by atoms with Crippen LogP contribution < -0.4 is 0 Å². The number of ether oxygens (including phenoxy) is 2. The van der Waals surface area contributed by atoms with Gasteiger partial charge in [-0.25, -0.2) is 0 Å². The summed E-state index contributed by atoms with van der Waals surface area (Å²) in [6, 6.07) is 0. The van der Waals surface area contributed by atoms with E-state index < -0.39 is 22.8 Å². The molecule has 0 bridgehead atoms. The molecule has 4 heteroatoms. The molecule has 4 nitrogen and oxygen atoms in total. The molecule has 0 aromatic rings. The zero-order valence-corrected chi connectivity index (χ0v) is 13.1. The first kappa shape index (κ1) is 17.7. The molecular formula is C18H22O4. The Morgan fingerprint density at radius 3 is 1.55 bits per heavy atom. The summed E-state index contributed by atoms with van der Waals surface area (Å²) in [7, 11) is 0. The molecule has 0 radical (unpaired) electrons. The molecular weight excluding hydrogens is 280 g/mol. The fourth-order valence-electron chi connectivity index (χ4n) is 1.82. The molecule has 0 saturated carbocycles. The van der Waals surface area contributed by atoms with E-state index in [1.54, 1.807) is 50.3 Å². The van der Waals surface area contributed by atoms with Crippen LogP contribution in [0.3, 0.4) is 0 Å². The molecule has 0 N–H and O–H groups in total. The van der Waals surface area contributed by atoms with Crippen molar-refractivity contribution < 1.29 is 19.1 Å². The minimum absolute atomic E-state index is 0.143. The first-order chi connectivity index (χ1) is 10.4. The largest absolute Gasteiger partial charge is 0.461 e. The van der Waals surface area contributed by atoms with E-state index in [0.717, 1.165) is 0 Å². The lowest BCUT2D eigenvalue weighted by atomic mass is 9.81. The Kier molecular flexibility index (Phi) is 6.11. The van der Waals surface area contributed by atoms with Crippen molar-refractivity contribution in [1.29, 1.82) is 0 Å². The molecule has 118 valence electrons. The van der Waals surface area contributed by atoms with Crippen molar-refractivity contribution in [2.45, 2.75) is 13.8 Å². The SMILES string of the molecule is C=CCOC(=O)C1(C)C=CC(C)(C(=O)OCC=C)/C=C\C=C/1. The smallest absolute Gasteiger partial charge is 0.319 e. The average molecular weight is 302 g/mol. The molecule has 0 aromatic heterocycles. The third-order valence-corrected chi connectivity index (χ3v) is 3.32. The predicted octanol–water partition coefficient (Wildman–Crippen LogP) is 3.14. The van der Waals surface area contributed by atoms with Crippen LogP contribution in [0.15, 0.2) is 61.8 Å². The van der Waals surface area contributed by atoms with Crippen LogP contribution in [0.1, 0.15) is 13.8 Å². The fraction of sp³-hybridized carbons (Fsp3) is 0.333. The second-order valence-electron chi connectivity index (χ2n) is 5.39. The van der Waals surface area contributed by atoms with E-state index in [1.807, 2.05) is 0 Å². The van der Waals surface area contributed by atoms with Crippen molar-refractivity contribution in [2.75, 3.05) is 13.2 Å². The number of rotatable bonds is 6. The second kappa shape index (κ2) is 7.59. The molecule has 1 aliphatic rings. The van der Waals surface area contributed by atoms with Crippen molar-refractivity contribution in [2.24, 2.45) is 10.8 Å². The highest BCUT2D eigenvalue weighted by Crippen LogP contribution is 2.31. The second-order valence-corrected chi connectivity index (χ2v) is 5.39. The van der Waals surface area contributed by atoms with Crippen molar-refractivity contribution in [1.82, 2.24) is 0 Å². The maximum absolute atomic E-state index is 12.2. The number of carbonyl (C=O) groups excluding carboxylic acids is 2. The van der Waals surface area contributed by atoms with Gasteiger partial charge in [-0.3, -0.25) is 9.59 Å². The third-order valence-electron chi connectivity index (χ3n) is 3.32. The molecule has 0 fully saturated rings. The Morgan fingerprint density at radius 1 is 0.864 bits per heavy atom. The van der Waals surface area contributed by atoms with Gasteiger partial charge in [-0.2, -0.15) is 0 Å². The molecule has 0 heterocycles. The lowest BCUT2D eigenvalue weighted by molar-refractivity contribution is -0.150. The van der Waals surface area contributed by atoms with E-state index in [0.29, 0.717) is 0 Å². The molecule has 0 aromatic carbocycles. The maximum Gasteiger partial charge on any atom is 0.319 e. The van der Waals surface area contributed by atoms with Gasteiger partial charge in [0.25, 0.3) is 0 Å². The van der Waals surface area contributed by atoms with Crippen LogP contribution >= 0.6 is 0 Å². The van der Waals surface area contributed by atoms with Crippen LogP contribution in [0.4, 0.5) is 0 Å². The van der Waals surface area contributed by atoms with Gasteiger partial charge in [0.1, 0.15) is 24.0 Å². The Balaban J connectivity index is 3.03. The predicted molar refractivity (Wildman–Crippen MR) is 85.9 cm³/mol. The van der Waals surface area contributed by atoms with Crippen LogP contribution in [-0.4, -0.2) is 25.2 Å². The Hall–Kier alpha value is -2.36. The quantitative estimate of drug-likeness (QED) is 0.559. The zero-order chi connectivity index (χ0) is 16.6. The van der Waals surface area contributed by atoms with Crippen molar-refractivity contribution in [3.63, 3.8) is 0 Å². The Labute approximate surface area is 131 Å². The number of carbonyl (C=O) groups is 2. The van der Waals surface area contributed by atoms with Crippen molar-refractivity contribution in [3.8, 4) is 0 Å². The highest BCUT2D eigenvalue weighted by molar-refractivity contribution is 5.84. The highest BCUT2D eigenvalue weighted by Gasteiger charge is 2.34. The highest BCUT2D eigenvalue weighted by atomic mass is 16.5. The number of hydrogen-bond acceptors (Lipinski definition) is 4. The van der Waals surface area contributed by atoms with Gasteiger partial charge in [-0.15, -0.1) is 0 Å². The average Bonchev–Trinajstić information content (AvgIpc) is 2.50. The molecule has 2 atom stereocenters. The van der Waals surface area contributed by atoms with Crippen LogP contribution in [-0.2, 0) is 19.1 Å². The summed E-state index contributed by atoms with van der Waals surface area (Å²) in [6.45, 7) is 10.8. The minimum Gasteiger partial charge on any atom is -0.461 e. The summed E-state index contributed by atoms with van der Waals surface area (Å²) in [5.74, 6) is -0.811. The van der Waals surface area contributed by atoms with Gasteiger partial charge in [0, 0.05) is 0 Å². The first-order valence-electron chi connectivity index (χ1n) is 7.01. The summed E-state index contributed by atoms with van der Waals surface area (Å²) in [6.07, 6.45) is 13.2. The van der Waals surface area contributed by atoms with E-state index in [4.69, 9.17) is 9.47 Å². The molecule has 2 unspecified atom stereocenters. The van der Waals surface area contributed by atoms with Gasteiger partial charge in [0.05, 0.1) is 0 Å². The van der Waals surface area contributed by atoms with Crippen molar-refractivity contribution >= 4 is 11.9 Å². The molecule has 22 heavy (non-hydrogen) atoms. The monoisotopic (exact) mass is 302 g/mol. The minimum atomic E-state index is -0.951. The normalized spacial score (nSPS) is 29.5. The summed E-state index contributed by atoms with van der Waals surface area (Å²) in [5, 5.41) is 0. The van der Waals surface area contributed by atoms with Gasteiger partial charge in [-0.05, 0) is 13.8 Å². The maximum atomic E-state index is 12.2. The van der Waals surface area contributed by atoms with Crippen LogP contribution in [0.2, 0.25) is 0 Å². The molecule has 1 aliphatic carbocycles. The van der Waals surface area contributed by atoms with E-state index in [1.165, 1.54) is 12.2 Å². The van der Waals surface area contributed by atoms with Gasteiger partial charge >= 0.3 is 11.9 Å². The molecule has 0 spiro atoms. The van der Waals surface area contributed by atoms with Gasteiger partial charge in [0.15, 0.2) is 0 Å². The molecule has 0 amide bonds. The molecule has 0 aliphatic heterocycles. The summed E-state index contributed by atoms with van der Waals surface area (Å²) in [4.78, 5) is 24.3. The van der Waals surface area contributed by atoms with Crippen molar-refractivity contribution in [3.05, 3.63) is 61.8 Å². The molecule has 0 saturated heterocycles. The van der Waals surface area contributed by atoms with Crippen LogP contribution in [0.5, 0.6) is 0 Å². The Bertz CT molecular complexity index is 493. The zero-order valence-electron chi connectivity index (χ0n) is 13.1. The van der Waals surface area contributed by atoms with Gasteiger partial charge in [-0.1, -0.05) is 61.8 Å². The van der Waals surface area contributed by atoms with E-state index in [9.17, 15) is 9.59 Å². The summed E-state index contributed by atoms with van der Waals surface area (Å²) >= 11 is 0.